The van der Waals surface area contributed by atoms with Crippen molar-refractivity contribution >= 4 is 45.9 Å². The van der Waals surface area contributed by atoms with E-state index in [1.165, 1.54) is 30.0 Å². The summed E-state index contributed by atoms with van der Waals surface area (Å²) < 4.78 is 6.19. The van der Waals surface area contributed by atoms with Crippen LogP contribution in [0.15, 0.2) is 10.3 Å². The van der Waals surface area contributed by atoms with Gasteiger partial charge in [0.1, 0.15) is 5.00 Å². The van der Waals surface area contributed by atoms with Crippen LogP contribution in [0.5, 0.6) is 0 Å². The van der Waals surface area contributed by atoms with Crippen molar-refractivity contribution in [1.82, 2.24) is 0 Å². The van der Waals surface area contributed by atoms with E-state index in [4.69, 9.17) is 10.5 Å². The summed E-state index contributed by atoms with van der Waals surface area (Å²) in [6.45, 7) is 6.13. The smallest absolute Gasteiger partial charge is 0.306 e. The fourth-order valence-electron chi connectivity index (χ4n) is 2.29. The molecule has 0 aliphatic carbocycles. The molecular formula is C18H28N2O4S2. The lowest BCUT2D eigenvalue weighted by Gasteiger charge is -2.14. The van der Waals surface area contributed by atoms with E-state index in [-0.39, 0.29) is 17.4 Å². The molecule has 1 aromatic rings. The van der Waals surface area contributed by atoms with Gasteiger partial charge < -0.3 is 15.8 Å². The minimum atomic E-state index is -0.589. The molecule has 0 bridgehead atoms. The average Bonchev–Trinajstić information content (AvgIpc) is 2.97. The minimum absolute atomic E-state index is 0.207. The summed E-state index contributed by atoms with van der Waals surface area (Å²) in [6, 6.07) is 1.64. The number of amides is 2. The van der Waals surface area contributed by atoms with Crippen molar-refractivity contribution in [2.24, 2.45) is 11.7 Å². The Hall–Kier alpha value is -1.54. The maximum absolute atomic E-state index is 11.9. The molecule has 0 aliphatic heterocycles. The van der Waals surface area contributed by atoms with Crippen LogP contribution < -0.4 is 11.1 Å². The second-order valence-corrected chi connectivity index (χ2v) is 8.50. The van der Waals surface area contributed by atoms with Gasteiger partial charge in [0.05, 0.1) is 22.8 Å². The Morgan fingerprint density at radius 1 is 1.35 bits per heavy atom. The van der Waals surface area contributed by atoms with Crippen molar-refractivity contribution in [3.05, 3.63) is 11.6 Å². The molecule has 26 heavy (non-hydrogen) atoms. The zero-order chi connectivity index (χ0) is 19.5. The molecule has 0 aromatic carbocycles. The Balaban J connectivity index is 2.43. The molecule has 0 aliphatic rings. The predicted octanol–water partition coefficient (Wildman–Crippen LogP) is 4.05. The molecular weight excluding hydrogens is 372 g/mol. The molecule has 3 N–H and O–H groups in total. The van der Waals surface area contributed by atoms with Gasteiger partial charge in [-0.3, -0.25) is 14.4 Å². The molecule has 1 aromatic heterocycles. The van der Waals surface area contributed by atoms with Crippen LogP contribution in [0.1, 0.15) is 63.2 Å². The van der Waals surface area contributed by atoms with Crippen LogP contribution in [0.4, 0.5) is 5.00 Å². The third-order valence-corrected chi connectivity index (χ3v) is 6.10. The molecule has 146 valence electrons. The lowest BCUT2D eigenvalue weighted by Crippen LogP contribution is -2.14. The lowest BCUT2D eigenvalue weighted by molar-refractivity contribution is -0.144. The molecule has 1 atom stereocenters. The lowest BCUT2D eigenvalue weighted by atomic mass is 10.0. The Kier molecular flexibility index (Phi) is 10.3. The summed E-state index contributed by atoms with van der Waals surface area (Å²) in [5.74, 6) is -0.0802. The number of unbranched alkanes of at least 4 members (excludes halogenated alkanes) is 1. The highest BCUT2D eigenvalue weighted by atomic mass is 32.2. The van der Waals surface area contributed by atoms with Crippen molar-refractivity contribution in [3.63, 3.8) is 0 Å². The fourth-order valence-corrected chi connectivity index (χ4v) is 4.54. The zero-order valence-corrected chi connectivity index (χ0v) is 17.3. The zero-order valence-electron chi connectivity index (χ0n) is 15.6. The van der Waals surface area contributed by atoms with Crippen LogP contribution in [-0.4, -0.2) is 30.1 Å². The van der Waals surface area contributed by atoms with Gasteiger partial charge in [0.2, 0.25) is 5.91 Å². The van der Waals surface area contributed by atoms with E-state index in [0.29, 0.717) is 29.7 Å². The maximum Gasteiger partial charge on any atom is 0.306 e. The molecule has 1 unspecified atom stereocenters. The van der Waals surface area contributed by atoms with Crippen LogP contribution in [-0.2, 0) is 14.3 Å². The van der Waals surface area contributed by atoms with Crippen LogP contribution in [0.3, 0.4) is 0 Å². The summed E-state index contributed by atoms with van der Waals surface area (Å²) >= 11 is 2.72. The van der Waals surface area contributed by atoms with Gasteiger partial charge in [0, 0.05) is 12.7 Å². The first-order valence-electron chi connectivity index (χ1n) is 8.86. The van der Waals surface area contributed by atoms with Crippen LogP contribution in [0.2, 0.25) is 0 Å². The number of carbonyl (C=O) groups is 3. The van der Waals surface area contributed by atoms with E-state index >= 15 is 0 Å². The number of primary amides is 1. The number of thioether (sulfide) groups is 1. The summed E-state index contributed by atoms with van der Waals surface area (Å²) in [6.07, 6.45) is 4.71. The van der Waals surface area contributed by atoms with Gasteiger partial charge in [-0.1, -0.05) is 33.1 Å². The number of thiophene rings is 1. The number of ether oxygens (including phenoxy) is 1. The van der Waals surface area contributed by atoms with Gasteiger partial charge in [-0.15, -0.1) is 23.1 Å². The first-order valence-corrected chi connectivity index (χ1v) is 10.7. The highest BCUT2D eigenvalue weighted by molar-refractivity contribution is 8.01. The van der Waals surface area contributed by atoms with E-state index < -0.39 is 5.91 Å². The average molecular weight is 401 g/mol. The van der Waals surface area contributed by atoms with Crippen molar-refractivity contribution in [3.8, 4) is 0 Å². The van der Waals surface area contributed by atoms with Crippen molar-refractivity contribution in [2.45, 2.75) is 57.1 Å². The Morgan fingerprint density at radius 3 is 2.65 bits per heavy atom. The Labute approximate surface area is 163 Å². The Morgan fingerprint density at radius 2 is 2.08 bits per heavy atom. The highest BCUT2D eigenvalue weighted by Gasteiger charge is 2.16. The molecule has 0 fully saturated rings. The highest BCUT2D eigenvalue weighted by Crippen LogP contribution is 2.35. The van der Waals surface area contributed by atoms with Gasteiger partial charge >= 0.3 is 5.97 Å². The molecule has 0 saturated heterocycles. The SMILES string of the molecule is CCCCC(CC)COC(=O)CCSc1cc(C(N)=O)c(NC(C)=O)s1. The van der Waals surface area contributed by atoms with E-state index in [1.807, 2.05) is 0 Å². The van der Waals surface area contributed by atoms with Crippen LogP contribution in [0, 0.1) is 5.92 Å². The monoisotopic (exact) mass is 400 g/mol. The number of hydrogen-bond donors (Lipinski definition) is 2. The second kappa shape index (κ2) is 12.0. The fraction of sp³-hybridized carbons (Fsp3) is 0.611. The molecule has 0 radical (unpaired) electrons. The first kappa shape index (κ1) is 22.5. The molecule has 6 nitrogen and oxygen atoms in total. The van der Waals surface area contributed by atoms with Crippen molar-refractivity contribution in [1.29, 1.82) is 0 Å². The maximum atomic E-state index is 11.9. The van der Waals surface area contributed by atoms with Crippen molar-refractivity contribution < 1.29 is 19.1 Å². The molecule has 1 rings (SSSR count). The number of anilines is 1. The summed E-state index contributed by atoms with van der Waals surface area (Å²) in [5, 5.41) is 3.05. The Bertz CT molecular complexity index is 616. The molecule has 2 amide bonds. The predicted molar refractivity (Wildman–Crippen MR) is 107 cm³/mol. The van der Waals surface area contributed by atoms with Crippen LogP contribution >= 0.6 is 23.1 Å². The molecule has 1 heterocycles. The number of carbonyl (C=O) groups excluding carboxylic acids is 3. The van der Waals surface area contributed by atoms with Gasteiger partial charge in [0.25, 0.3) is 5.91 Å². The van der Waals surface area contributed by atoms with E-state index in [9.17, 15) is 14.4 Å². The quantitative estimate of drug-likeness (QED) is 0.407. The van der Waals surface area contributed by atoms with Gasteiger partial charge in [-0.05, 0) is 18.4 Å². The van der Waals surface area contributed by atoms with E-state index in [1.54, 1.807) is 6.07 Å². The molecule has 8 heteroatoms. The summed E-state index contributed by atoms with van der Waals surface area (Å²) in [4.78, 5) is 34.5. The normalized spacial score (nSPS) is 11.8. The number of hydrogen-bond acceptors (Lipinski definition) is 6. The summed E-state index contributed by atoms with van der Waals surface area (Å²) in [5.41, 5.74) is 5.62. The minimum Gasteiger partial charge on any atom is -0.465 e. The van der Waals surface area contributed by atoms with Gasteiger partial charge in [-0.25, -0.2) is 0 Å². The van der Waals surface area contributed by atoms with Gasteiger partial charge in [0.15, 0.2) is 0 Å². The number of esters is 1. The number of rotatable bonds is 12. The third kappa shape index (κ3) is 8.23. The molecule has 0 saturated carbocycles. The van der Waals surface area contributed by atoms with E-state index in [0.717, 1.165) is 29.9 Å². The molecule has 0 spiro atoms. The third-order valence-electron chi connectivity index (χ3n) is 3.84. The van der Waals surface area contributed by atoms with Crippen molar-refractivity contribution in [2.75, 3.05) is 17.7 Å². The van der Waals surface area contributed by atoms with Crippen LogP contribution in [0.25, 0.3) is 0 Å². The standard InChI is InChI=1S/C18H28N2O4S2/c1-4-6-7-13(5-2)11-24-15(22)8-9-25-16-10-14(17(19)23)18(26-16)20-12(3)21/h10,13H,4-9,11H2,1-3H3,(H2,19,23)(H,20,21). The summed E-state index contributed by atoms with van der Waals surface area (Å²) in [7, 11) is 0. The number of nitrogens with two attached hydrogens (primary N) is 1. The number of nitrogens with one attached hydrogen (secondary N) is 1. The second-order valence-electron chi connectivity index (χ2n) is 6.05. The largest absolute Gasteiger partial charge is 0.465 e. The van der Waals surface area contributed by atoms with E-state index in [2.05, 4.69) is 19.2 Å². The topological polar surface area (TPSA) is 98.5 Å². The first-order chi connectivity index (χ1) is 12.4. The van der Waals surface area contributed by atoms with Gasteiger partial charge in [-0.2, -0.15) is 0 Å².